The number of nitro groups is 1. The molecule has 0 heterocycles. The molecule has 0 saturated carbocycles. The van der Waals surface area contributed by atoms with Gasteiger partial charge in [0.05, 0.1) is 4.92 Å². The predicted octanol–water partition coefficient (Wildman–Crippen LogP) is 1.53. The molecule has 0 unspecified atom stereocenters. The Labute approximate surface area is 122 Å². The first-order valence-corrected chi connectivity index (χ1v) is 7.89. The molecule has 2 N–H and O–H groups in total. The third-order valence-electron chi connectivity index (χ3n) is 2.43. The molecule has 0 bridgehead atoms. The van der Waals surface area contributed by atoms with Gasteiger partial charge >= 0.3 is 0 Å². The molecule has 9 heteroatoms. The minimum Gasteiger partial charge on any atom is -0.315 e. The molecule has 0 amide bonds. The molecule has 0 spiro atoms. The molecule has 0 aliphatic heterocycles. The fourth-order valence-corrected chi connectivity index (χ4v) is 2.86. The summed E-state index contributed by atoms with van der Waals surface area (Å²) < 4.78 is 26.3. The Morgan fingerprint density at radius 3 is 2.60 bits per heavy atom. The average molecular weight is 322 g/mol. The number of nitrogens with one attached hydrogen (secondary N) is 2. The average Bonchev–Trinajstić information content (AvgIpc) is 2.38. The third kappa shape index (κ3) is 4.71. The number of rotatable bonds is 8. The molecule has 20 heavy (non-hydrogen) atoms. The molecule has 112 valence electrons. The van der Waals surface area contributed by atoms with Gasteiger partial charge in [-0.3, -0.25) is 10.1 Å². The Balaban J connectivity index is 2.84. The van der Waals surface area contributed by atoms with Crippen molar-refractivity contribution in [2.24, 2.45) is 0 Å². The van der Waals surface area contributed by atoms with Crippen LogP contribution in [0.3, 0.4) is 0 Å². The number of hydrogen-bond donors (Lipinski definition) is 2. The number of nitrogens with zero attached hydrogens (tertiary/aromatic N) is 1. The van der Waals surface area contributed by atoms with E-state index in [1.165, 1.54) is 6.07 Å². The van der Waals surface area contributed by atoms with Crippen LogP contribution in [0, 0.1) is 10.1 Å². The van der Waals surface area contributed by atoms with Crippen molar-refractivity contribution in [3.05, 3.63) is 33.3 Å². The fourth-order valence-electron chi connectivity index (χ4n) is 1.51. The van der Waals surface area contributed by atoms with E-state index >= 15 is 0 Å². The summed E-state index contributed by atoms with van der Waals surface area (Å²) in [6.07, 6.45) is 0.940. The highest BCUT2D eigenvalue weighted by Gasteiger charge is 2.25. The van der Waals surface area contributed by atoms with Gasteiger partial charge in [-0.2, -0.15) is 0 Å². The Morgan fingerprint density at radius 1 is 1.30 bits per heavy atom. The number of nitro benzene ring substituents is 1. The number of halogens is 1. The second-order valence-corrected chi connectivity index (χ2v) is 6.19. The summed E-state index contributed by atoms with van der Waals surface area (Å²) in [6.45, 7) is 3.38. The Kier molecular flexibility index (Phi) is 6.34. The summed E-state index contributed by atoms with van der Waals surface area (Å²) in [5.41, 5.74) is -0.536. The number of sulfonamides is 1. The monoisotopic (exact) mass is 321 g/mol. The first-order chi connectivity index (χ1) is 9.38. The first-order valence-electron chi connectivity index (χ1n) is 6.03. The van der Waals surface area contributed by atoms with Crippen molar-refractivity contribution in [2.45, 2.75) is 18.2 Å². The smallest absolute Gasteiger partial charge is 0.290 e. The quantitative estimate of drug-likeness (QED) is 0.429. The zero-order valence-electron chi connectivity index (χ0n) is 10.9. The molecule has 1 aromatic rings. The fraction of sp³-hybridized carbons (Fsp3) is 0.455. The van der Waals surface area contributed by atoms with E-state index < -0.39 is 20.6 Å². The lowest BCUT2D eigenvalue weighted by atomic mass is 10.3. The highest BCUT2D eigenvalue weighted by molar-refractivity contribution is 7.89. The van der Waals surface area contributed by atoms with E-state index in [4.69, 9.17) is 11.6 Å². The lowest BCUT2D eigenvalue weighted by Gasteiger charge is -2.08. The summed E-state index contributed by atoms with van der Waals surface area (Å²) in [5.74, 6) is 0. The van der Waals surface area contributed by atoms with Gasteiger partial charge in [0.25, 0.3) is 5.69 Å². The van der Waals surface area contributed by atoms with Crippen molar-refractivity contribution < 1.29 is 13.3 Å². The van der Waals surface area contributed by atoms with Crippen LogP contribution in [0.2, 0.25) is 5.02 Å². The zero-order valence-corrected chi connectivity index (χ0v) is 12.5. The predicted molar refractivity (Wildman–Crippen MR) is 76.5 cm³/mol. The van der Waals surface area contributed by atoms with Gasteiger partial charge in [0.2, 0.25) is 10.0 Å². The van der Waals surface area contributed by atoms with E-state index in [1.54, 1.807) is 0 Å². The van der Waals surface area contributed by atoms with Crippen molar-refractivity contribution >= 4 is 27.3 Å². The molecule has 0 aliphatic carbocycles. The highest BCUT2D eigenvalue weighted by atomic mass is 35.5. The van der Waals surface area contributed by atoms with Crippen LogP contribution in [0.4, 0.5) is 5.69 Å². The molecule has 7 nitrogen and oxygen atoms in total. The lowest BCUT2D eigenvalue weighted by molar-refractivity contribution is -0.387. The van der Waals surface area contributed by atoms with Crippen LogP contribution in [0.25, 0.3) is 0 Å². The summed E-state index contributed by atoms with van der Waals surface area (Å²) in [4.78, 5) is 9.72. The van der Waals surface area contributed by atoms with Crippen LogP contribution < -0.4 is 10.0 Å². The van der Waals surface area contributed by atoms with Crippen molar-refractivity contribution in [1.82, 2.24) is 10.0 Å². The van der Waals surface area contributed by atoms with Gasteiger partial charge in [-0.1, -0.05) is 18.5 Å². The third-order valence-corrected chi connectivity index (χ3v) is 4.17. The van der Waals surface area contributed by atoms with Crippen LogP contribution in [0.15, 0.2) is 23.1 Å². The zero-order chi connectivity index (χ0) is 15.2. The topological polar surface area (TPSA) is 101 Å². The second-order valence-electron chi connectivity index (χ2n) is 4.02. The van der Waals surface area contributed by atoms with Crippen molar-refractivity contribution in [1.29, 1.82) is 0 Å². The minimum absolute atomic E-state index is 0.111. The van der Waals surface area contributed by atoms with Crippen LogP contribution >= 0.6 is 11.6 Å². The SMILES string of the molecule is CCCNCCNS(=O)(=O)c1ccc(Cl)cc1[N+](=O)[O-]. The molecular weight excluding hydrogens is 306 g/mol. The van der Waals surface area contributed by atoms with E-state index in [0.717, 1.165) is 25.1 Å². The molecule has 0 atom stereocenters. The molecule has 1 rings (SSSR count). The van der Waals surface area contributed by atoms with Crippen molar-refractivity contribution in [3.63, 3.8) is 0 Å². The van der Waals surface area contributed by atoms with Gasteiger partial charge in [-0.05, 0) is 25.1 Å². The normalized spacial score (nSPS) is 11.5. The van der Waals surface area contributed by atoms with Gasteiger partial charge in [-0.15, -0.1) is 0 Å². The Hall–Kier alpha value is -1.22. The van der Waals surface area contributed by atoms with Crippen molar-refractivity contribution in [3.8, 4) is 0 Å². The van der Waals surface area contributed by atoms with Gasteiger partial charge in [-0.25, -0.2) is 13.1 Å². The summed E-state index contributed by atoms with van der Waals surface area (Å²) in [6, 6.07) is 3.45. The van der Waals surface area contributed by atoms with Crippen LogP contribution in [-0.2, 0) is 10.0 Å². The molecule has 0 aliphatic rings. The highest BCUT2D eigenvalue weighted by Crippen LogP contribution is 2.26. The maximum atomic E-state index is 12.0. The number of hydrogen-bond acceptors (Lipinski definition) is 5. The van der Waals surface area contributed by atoms with Crippen LogP contribution in [0.5, 0.6) is 0 Å². The van der Waals surface area contributed by atoms with Crippen LogP contribution in [0.1, 0.15) is 13.3 Å². The number of benzene rings is 1. The van der Waals surface area contributed by atoms with E-state index in [-0.39, 0.29) is 16.5 Å². The van der Waals surface area contributed by atoms with Gasteiger partial charge in [0.1, 0.15) is 0 Å². The maximum absolute atomic E-state index is 12.0. The summed E-state index contributed by atoms with van der Waals surface area (Å²) in [5, 5.41) is 14.0. The minimum atomic E-state index is -3.93. The van der Waals surface area contributed by atoms with Crippen molar-refractivity contribution in [2.75, 3.05) is 19.6 Å². The van der Waals surface area contributed by atoms with Crippen LogP contribution in [-0.4, -0.2) is 33.0 Å². The second kappa shape index (κ2) is 7.53. The summed E-state index contributed by atoms with van der Waals surface area (Å²) in [7, 11) is -3.93. The first kappa shape index (κ1) is 16.8. The van der Waals surface area contributed by atoms with E-state index in [0.29, 0.717) is 6.54 Å². The van der Waals surface area contributed by atoms with Gasteiger partial charge in [0.15, 0.2) is 4.90 Å². The molecule has 0 saturated heterocycles. The lowest BCUT2D eigenvalue weighted by Crippen LogP contribution is -2.32. The van der Waals surface area contributed by atoms with Gasteiger partial charge in [0, 0.05) is 24.2 Å². The molecule has 0 aromatic heterocycles. The maximum Gasteiger partial charge on any atom is 0.290 e. The van der Waals surface area contributed by atoms with E-state index in [1.807, 2.05) is 6.92 Å². The molecule has 1 aromatic carbocycles. The Bertz CT molecular complexity index is 577. The molecular formula is C11H16ClN3O4S. The van der Waals surface area contributed by atoms with E-state index in [2.05, 4.69) is 10.0 Å². The van der Waals surface area contributed by atoms with Gasteiger partial charge < -0.3 is 5.32 Å². The molecule has 0 fully saturated rings. The van der Waals surface area contributed by atoms with E-state index in [9.17, 15) is 18.5 Å². The largest absolute Gasteiger partial charge is 0.315 e. The summed E-state index contributed by atoms with van der Waals surface area (Å²) >= 11 is 5.64. The molecule has 0 radical (unpaired) electrons. The Morgan fingerprint density at radius 2 is 2.00 bits per heavy atom. The standard InChI is InChI=1S/C11H16ClN3O4S/c1-2-5-13-6-7-14-20(18,19)11-4-3-9(12)8-10(11)15(16)17/h3-4,8,13-14H,2,5-7H2,1H3.